The Kier molecular flexibility index (Phi) is 6.73. The second-order valence-electron chi connectivity index (χ2n) is 6.51. The topological polar surface area (TPSA) is 51.2 Å². The molecule has 5 heteroatoms. The second-order valence-corrected chi connectivity index (χ2v) is 6.51. The molecule has 0 saturated carbocycles. The van der Waals surface area contributed by atoms with Gasteiger partial charge in [-0.05, 0) is 59.9 Å². The molecular formula is C23H23FN2O2. The number of carbonyl (C=O) groups excluding carboxylic acids is 1. The van der Waals surface area contributed by atoms with Gasteiger partial charge >= 0.3 is 0 Å². The van der Waals surface area contributed by atoms with E-state index in [9.17, 15) is 9.18 Å². The van der Waals surface area contributed by atoms with Crippen LogP contribution in [0.4, 0.5) is 4.39 Å². The fourth-order valence-electron chi connectivity index (χ4n) is 2.73. The van der Waals surface area contributed by atoms with E-state index in [1.165, 1.54) is 17.7 Å². The molecule has 1 N–H and O–H groups in total. The maximum absolute atomic E-state index is 13.0. The predicted molar refractivity (Wildman–Crippen MR) is 107 cm³/mol. The Morgan fingerprint density at radius 1 is 1.00 bits per heavy atom. The van der Waals surface area contributed by atoms with Gasteiger partial charge in [-0.25, -0.2) is 9.37 Å². The molecule has 0 fully saturated rings. The lowest BCUT2D eigenvalue weighted by molar-refractivity contribution is -0.121. The van der Waals surface area contributed by atoms with Crippen molar-refractivity contribution in [3.63, 3.8) is 0 Å². The van der Waals surface area contributed by atoms with Crippen molar-refractivity contribution in [2.24, 2.45) is 0 Å². The summed E-state index contributed by atoms with van der Waals surface area (Å²) in [5, 5.41) is 2.92. The predicted octanol–water partition coefficient (Wildman–Crippen LogP) is 4.82. The van der Waals surface area contributed by atoms with Gasteiger partial charge in [-0.1, -0.05) is 31.2 Å². The van der Waals surface area contributed by atoms with Crippen molar-refractivity contribution >= 4 is 5.91 Å². The third-order valence-electron chi connectivity index (χ3n) is 4.40. The molecule has 0 radical (unpaired) electrons. The Labute approximate surface area is 164 Å². The van der Waals surface area contributed by atoms with Crippen LogP contribution < -0.4 is 10.1 Å². The molecule has 0 bridgehead atoms. The molecule has 0 unspecified atom stereocenters. The number of aromatic nitrogens is 1. The minimum absolute atomic E-state index is 0.00242. The number of nitrogens with zero attached hydrogens (tertiary/aromatic N) is 1. The van der Waals surface area contributed by atoms with Crippen LogP contribution in [0.2, 0.25) is 0 Å². The molecule has 0 atom stereocenters. The van der Waals surface area contributed by atoms with Crippen molar-refractivity contribution in [2.45, 2.75) is 32.7 Å². The molecule has 4 nitrogen and oxygen atoms in total. The first-order chi connectivity index (χ1) is 13.6. The van der Waals surface area contributed by atoms with Crippen LogP contribution >= 0.6 is 0 Å². The molecule has 1 heterocycles. The van der Waals surface area contributed by atoms with Crippen LogP contribution in [-0.4, -0.2) is 10.9 Å². The van der Waals surface area contributed by atoms with E-state index in [0.29, 0.717) is 31.0 Å². The summed E-state index contributed by atoms with van der Waals surface area (Å²) in [4.78, 5) is 16.3. The quantitative estimate of drug-likeness (QED) is 0.611. The van der Waals surface area contributed by atoms with Gasteiger partial charge in [-0.3, -0.25) is 4.79 Å². The Balaban J connectivity index is 1.48. The first-order valence-electron chi connectivity index (χ1n) is 9.35. The molecule has 3 aromatic rings. The van der Waals surface area contributed by atoms with E-state index in [0.717, 1.165) is 17.5 Å². The highest BCUT2D eigenvalue weighted by atomic mass is 19.1. The van der Waals surface area contributed by atoms with Gasteiger partial charge in [0, 0.05) is 25.2 Å². The lowest BCUT2D eigenvalue weighted by Gasteiger charge is -2.08. The van der Waals surface area contributed by atoms with E-state index in [4.69, 9.17) is 4.74 Å². The largest absolute Gasteiger partial charge is 0.439 e. The molecule has 1 amide bonds. The number of aryl methyl sites for hydroxylation is 2. The SMILES string of the molecule is CCc1ccc(CCC(=O)NCc2ccnc(Oc3ccc(F)cc3)c2)cc1. The number of pyridine rings is 1. The number of halogens is 1. The molecular weight excluding hydrogens is 355 g/mol. The third kappa shape index (κ3) is 5.91. The van der Waals surface area contributed by atoms with Gasteiger partial charge in [0.1, 0.15) is 11.6 Å². The van der Waals surface area contributed by atoms with E-state index < -0.39 is 0 Å². The molecule has 0 aliphatic carbocycles. The zero-order valence-electron chi connectivity index (χ0n) is 15.8. The van der Waals surface area contributed by atoms with Gasteiger partial charge in [0.05, 0.1) is 0 Å². The van der Waals surface area contributed by atoms with Crippen molar-refractivity contribution in [2.75, 3.05) is 0 Å². The van der Waals surface area contributed by atoms with Gasteiger partial charge in [0.15, 0.2) is 0 Å². The molecule has 0 aliphatic rings. The van der Waals surface area contributed by atoms with Crippen LogP contribution in [0.5, 0.6) is 11.6 Å². The summed E-state index contributed by atoms with van der Waals surface area (Å²) in [6, 6.07) is 17.7. The van der Waals surface area contributed by atoms with Crippen LogP contribution in [0, 0.1) is 5.82 Å². The molecule has 28 heavy (non-hydrogen) atoms. The maximum atomic E-state index is 13.0. The van der Waals surface area contributed by atoms with E-state index in [2.05, 4.69) is 41.5 Å². The fraction of sp³-hybridized carbons (Fsp3) is 0.217. The Morgan fingerprint density at radius 2 is 1.71 bits per heavy atom. The lowest BCUT2D eigenvalue weighted by Crippen LogP contribution is -2.23. The number of hydrogen-bond acceptors (Lipinski definition) is 3. The van der Waals surface area contributed by atoms with Gasteiger partial charge in [0.25, 0.3) is 0 Å². The molecule has 144 valence electrons. The number of benzene rings is 2. The fourth-order valence-corrected chi connectivity index (χ4v) is 2.73. The van der Waals surface area contributed by atoms with E-state index in [1.807, 2.05) is 6.07 Å². The zero-order valence-corrected chi connectivity index (χ0v) is 15.8. The van der Waals surface area contributed by atoms with Gasteiger partial charge in [0.2, 0.25) is 11.8 Å². The summed E-state index contributed by atoms with van der Waals surface area (Å²) in [6.45, 7) is 2.52. The Bertz CT molecular complexity index is 909. The summed E-state index contributed by atoms with van der Waals surface area (Å²) in [5.74, 6) is 0.578. The normalized spacial score (nSPS) is 10.5. The standard InChI is InChI=1S/C23H23FN2O2/c1-2-17-3-5-18(6-4-17)7-12-22(27)26-16-19-13-14-25-23(15-19)28-21-10-8-20(24)9-11-21/h3-6,8-11,13-15H,2,7,12,16H2,1H3,(H,26,27). The zero-order chi connectivity index (χ0) is 19.8. The monoisotopic (exact) mass is 378 g/mol. The summed E-state index contributed by atoms with van der Waals surface area (Å²) in [5.41, 5.74) is 3.34. The molecule has 0 spiro atoms. The smallest absolute Gasteiger partial charge is 0.220 e. The highest BCUT2D eigenvalue weighted by Gasteiger charge is 2.05. The van der Waals surface area contributed by atoms with Crippen LogP contribution in [0.25, 0.3) is 0 Å². The average molecular weight is 378 g/mol. The first kappa shape index (κ1) is 19.5. The van der Waals surface area contributed by atoms with Crippen molar-refractivity contribution < 1.29 is 13.9 Å². The van der Waals surface area contributed by atoms with E-state index in [1.54, 1.807) is 24.4 Å². The third-order valence-corrected chi connectivity index (χ3v) is 4.40. The van der Waals surface area contributed by atoms with E-state index >= 15 is 0 Å². The number of nitrogens with one attached hydrogen (secondary N) is 1. The first-order valence-corrected chi connectivity index (χ1v) is 9.35. The van der Waals surface area contributed by atoms with Crippen LogP contribution in [-0.2, 0) is 24.2 Å². The summed E-state index contributed by atoms with van der Waals surface area (Å²) in [6.07, 6.45) is 3.79. The molecule has 0 saturated heterocycles. The number of amides is 1. The minimum atomic E-state index is -0.321. The maximum Gasteiger partial charge on any atom is 0.220 e. The number of rotatable bonds is 8. The highest BCUT2D eigenvalue weighted by molar-refractivity contribution is 5.76. The summed E-state index contributed by atoms with van der Waals surface area (Å²) >= 11 is 0. The van der Waals surface area contributed by atoms with E-state index in [-0.39, 0.29) is 11.7 Å². The van der Waals surface area contributed by atoms with Crippen molar-refractivity contribution in [1.29, 1.82) is 0 Å². The Morgan fingerprint density at radius 3 is 2.43 bits per heavy atom. The Hall–Kier alpha value is -3.21. The van der Waals surface area contributed by atoms with Crippen LogP contribution in [0.3, 0.4) is 0 Å². The van der Waals surface area contributed by atoms with Gasteiger partial charge in [-0.2, -0.15) is 0 Å². The van der Waals surface area contributed by atoms with Crippen LogP contribution in [0.1, 0.15) is 30.0 Å². The highest BCUT2D eigenvalue weighted by Crippen LogP contribution is 2.20. The summed E-state index contributed by atoms with van der Waals surface area (Å²) < 4.78 is 18.6. The molecule has 1 aromatic heterocycles. The van der Waals surface area contributed by atoms with Gasteiger partial charge < -0.3 is 10.1 Å². The van der Waals surface area contributed by atoms with Crippen molar-refractivity contribution in [1.82, 2.24) is 10.3 Å². The molecule has 3 rings (SSSR count). The molecule has 2 aromatic carbocycles. The van der Waals surface area contributed by atoms with Crippen molar-refractivity contribution in [3.8, 4) is 11.6 Å². The average Bonchev–Trinajstić information content (AvgIpc) is 2.73. The van der Waals surface area contributed by atoms with Gasteiger partial charge in [-0.15, -0.1) is 0 Å². The van der Waals surface area contributed by atoms with Crippen molar-refractivity contribution in [3.05, 3.63) is 89.4 Å². The lowest BCUT2D eigenvalue weighted by atomic mass is 10.1. The number of carbonyl (C=O) groups is 1. The second kappa shape index (κ2) is 9.65. The van der Waals surface area contributed by atoms with Crippen LogP contribution in [0.15, 0.2) is 66.9 Å². The number of ether oxygens (including phenoxy) is 1. The number of hydrogen-bond donors (Lipinski definition) is 1. The summed E-state index contributed by atoms with van der Waals surface area (Å²) in [7, 11) is 0. The minimum Gasteiger partial charge on any atom is -0.439 e. The molecule has 0 aliphatic heterocycles.